The summed E-state index contributed by atoms with van der Waals surface area (Å²) in [5.41, 5.74) is 1.90. The molecule has 3 nitrogen and oxygen atoms in total. The standard InChI is InChI=1S/C20H20F2N2OS/c1-24-9-8-16(19(24)13-6-7-14(21)15(22)10-13)23-20(25)18-11-12-4-2-3-5-17(12)26-18/h2-7,10,16,18-19H,8-9,11H2,1H3,(H,23,25)/t16-,18-,19+/m0/s1. The first kappa shape index (κ1) is 17.5. The average molecular weight is 374 g/mol. The van der Waals surface area contributed by atoms with Gasteiger partial charge in [-0.25, -0.2) is 8.78 Å². The number of thioether (sulfide) groups is 1. The third-order valence-corrected chi connectivity index (χ3v) is 6.52. The summed E-state index contributed by atoms with van der Waals surface area (Å²) < 4.78 is 26.9. The molecule has 6 heteroatoms. The van der Waals surface area contributed by atoms with Crippen LogP contribution in [-0.2, 0) is 11.2 Å². The smallest absolute Gasteiger partial charge is 0.234 e. The number of carbonyl (C=O) groups excluding carboxylic acids is 1. The number of nitrogens with zero attached hydrogens (tertiary/aromatic N) is 1. The number of amides is 1. The van der Waals surface area contributed by atoms with Crippen molar-refractivity contribution < 1.29 is 13.6 Å². The molecular formula is C20H20F2N2OS. The first-order valence-electron chi connectivity index (χ1n) is 8.73. The molecule has 3 atom stereocenters. The van der Waals surface area contributed by atoms with Gasteiger partial charge in [0.2, 0.25) is 5.91 Å². The highest BCUT2D eigenvalue weighted by Gasteiger charge is 2.37. The monoisotopic (exact) mass is 374 g/mol. The lowest BCUT2D eigenvalue weighted by molar-refractivity contribution is -0.121. The van der Waals surface area contributed by atoms with Crippen molar-refractivity contribution in [1.29, 1.82) is 0 Å². The highest BCUT2D eigenvalue weighted by Crippen LogP contribution is 2.38. The van der Waals surface area contributed by atoms with E-state index in [4.69, 9.17) is 0 Å². The van der Waals surface area contributed by atoms with E-state index in [1.165, 1.54) is 11.6 Å². The first-order chi connectivity index (χ1) is 12.5. The molecule has 2 aromatic rings. The van der Waals surface area contributed by atoms with Crippen LogP contribution in [0.15, 0.2) is 47.4 Å². The van der Waals surface area contributed by atoms with E-state index in [-0.39, 0.29) is 23.2 Å². The van der Waals surface area contributed by atoms with Gasteiger partial charge in [-0.1, -0.05) is 24.3 Å². The molecule has 0 saturated carbocycles. The van der Waals surface area contributed by atoms with Gasteiger partial charge in [-0.2, -0.15) is 0 Å². The Balaban J connectivity index is 1.48. The molecule has 2 aromatic carbocycles. The van der Waals surface area contributed by atoms with Gasteiger partial charge in [0.1, 0.15) is 0 Å². The topological polar surface area (TPSA) is 32.3 Å². The van der Waals surface area contributed by atoms with E-state index in [1.807, 2.05) is 25.2 Å². The Morgan fingerprint density at radius 1 is 1.19 bits per heavy atom. The number of nitrogens with one attached hydrogen (secondary N) is 1. The molecule has 0 radical (unpaired) electrons. The van der Waals surface area contributed by atoms with Crippen LogP contribution in [0.5, 0.6) is 0 Å². The minimum Gasteiger partial charge on any atom is -0.350 e. The fraction of sp³-hybridized carbons (Fsp3) is 0.350. The summed E-state index contributed by atoms with van der Waals surface area (Å²) in [5, 5.41) is 3.02. The third kappa shape index (κ3) is 3.23. The van der Waals surface area contributed by atoms with Crippen molar-refractivity contribution in [3.63, 3.8) is 0 Å². The van der Waals surface area contributed by atoms with Gasteiger partial charge in [0.15, 0.2) is 11.6 Å². The zero-order valence-corrected chi connectivity index (χ0v) is 15.2. The van der Waals surface area contributed by atoms with Crippen LogP contribution in [-0.4, -0.2) is 35.7 Å². The van der Waals surface area contributed by atoms with Crippen molar-refractivity contribution in [3.05, 3.63) is 65.2 Å². The number of likely N-dealkylation sites (tertiary alicyclic amines) is 1. The molecule has 1 fully saturated rings. The minimum atomic E-state index is -0.852. The lowest BCUT2D eigenvalue weighted by Gasteiger charge is -2.27. The van der Waals surface area contributed by atoms with Crippen molar-refractivity contribution in [2.45, 2.75) is 35.1 Å². The highest BCUT2D eigenvalue weighted by molar-refractivity contribution is 8.01. The molecule has 2 aliphatic rings. The Kier molecular flexibility index (Phi) is 4.71. The fourth-order valence-corrected chi connectivity index (χ4v) is 5.09. The van der Waals surface area contributed by atoms with E-state index in [0.29, 0.717) is 5.56 Å². The zero-order chi connectivity index (χ0) is 18.3. The zero-order valence-electron chi connectivity index (χ0n) is 14.4. The van der Waals surface area contributed by atoms with Crippen molar-refractivity contribution in [3.8, 4) is 0 Å². The van der Waals surface area contributed by atoms with Crippen molar-refractivity contribution in [2.75, 3.05) is 13.6 Å². The lowest BCUT2D eigenvalue weighted by atomic mass is 9.99. The summed E-state index contributed by atoms with van der Waals surface area (Å²) in [4.78, 5) is 16.0. The Bertz CT molecular complexity index is 819. The average Bonchev–Trinajstić information content (AvgIpc) is 3.21. The van der Waals surface area contributed by atoms with Crippen LogP contribution in [0.4, 0.5) is 8.78 Å². The Morgan fingerprint density at radius 3 is 2.77 bits per heavy atom. The van der Waals surface area contributed by atoms with Gasteiger partial charge < -0.3 is 5.32 Å². The molecule has 4 rings (SSSR count). The van der Waals surface area contributed by atoms with E-state index in [2.05, 4.69) is 16.3 Å². The van der Waals surface area contributed by atoms with E-state index < -0.39 is 11.6 Å². The third-order valence-electron chi connectivity index (χ3n) is 5.20. The SMILES string of the molecule is CN1CC[C@H](NC(=O)[C@@H]2Cc3ccccc3S2)[C@H]1c1ccc(F)c(F)c1. The van der Waals surface area contributed by atoms with E-state index in [0.717, 1.165) is 30.3 Å². The molecule has 0 aromatic heterocycles. The van der Waals surface area contributed by atoms with Gasteiger partial charge in [-0.3, -0.25) is 9.69 Å². The fourth-order valence-electron chi connectivity index (χ4n) is 3.89. The number of halogens is 2. The minimum absolute atomic E-state index is 0.0130. The quantitative estimate of drug-likeness (QED) is 0.892. The molecular weight excluding hydrogens is 354 g/mol. The van der Waals surface area contributed by atoms with E-state index >= 15 is 0 Å². The number of likely N-dealkylation sites (N-methyl/N-ethyl adjacent to an activating group) is 1. The molecule has 0 bridgehead atoms. The molecule has 1 saturated heterocycles. The summed E-state index contributed by atoms with van der Waals surface area (Å²) in [6.45, 7) is 0.798. The number of fused-ring (bicyclic) bond motifs is 1. The van der Waals surface area contributed by atoms with E-state index in [9.17, 15) is 13.6 Å². The van der Waals surface area contributed by atoms with Crippen LogP contribution in [0.2, 0.25) is 0 Å². The van der Waals surface area contributed by atoms with Crippen LogP contribution in [0, 0.1) is 11.6 Å². The molecule has 1 amide bonds. The Hall–Kier alpha value is -1.92. The molecule has 26 heavy (non-hydrogen) atoms. The molecule has 0 aliphatic carbocycles. The molecule has 0 unspecified atom stereocenters. The summed E-state index contributed by atoms with van der Waals surface area (Å²) in [6.07, 6.45) is 1.52. The molecule has 136 valence electrons. The highest BCUT2D eigenvalue weighted by atomic mass is 32.2. The largest absolute Gasteiger partial charge is 0.350 e. The predicted octanol–water partition coefficient (Wildman–Crippen LogP) is 3.54. The van der Waals surface area contributed by atoms with Crippen LogP contribution < -0.4 is 5.32 Å². The summed E-state index contributed by atoms with van der Waals surface area (Å²) in [6, 6.07) is 11.8. The van der Waals surface area contributed by atoms with Crippen molar-refractivity contribution in [2.24, 2.45) is 0 Å². The number of carbonyl (C=O) groups is 1. The molecule has 2 heterocycles. The first-order valence-corrected chi connectivity index (χ1v) is 9.61. The maximum atomic E-state index is 13.7. The summed E-state index contributed by atoms with van der Waals surface area (Å²) in [7, 11) is 1.94. The second-order valence-electron chi connectivity index (χ2n) is 6.92. The maximum Gasteiger partial charge on any atom is 0.234 e. The molecule has 2 aliphatic heterocycles. The van der Waals surface area contributed by atoms with Gasteiger partial charge >= 0.3 is 0 Å². The van der Waals surface area contributed by atoms with Gasteiger partial charge in [-0.15, -0.1) is 11.8 Å². The Labute approximate surface area is 155 Å². The van der Waals surface area contributed by atoms with Gasteiger partial charge in [0.25, 0.3) is 0 Å². The van der Waals surface area contributed by atoms with Crippen LogP contribution in [0.3, 0.4) is 0 Å². The Morgan fingerprint density at radius 2 is 2.00 bits per heavy atom. The van der Waals surface area contributed by atoms with Gasteiger partial charge in [0.05, 0.1) is 11.3 Å². The summed E-state index contributed by atoms with van der Waals surface area (Å²) in [5.74, 6) is -1.69. The number of benzene rings is 2. The number of rotatable bonds is 3. The van der Waals surface area contributed by atoms with Gasteiger partial charge in [-0.05, 0) is 49.2 Å². The second-order valence-corrected chi connectivity index (χ2v) is 8.17. The number of hydrogen-bond acceptors (Lipinski definition) is 3. The molecule has 1 N–H and O–H groups in total. The second kappa shape index (κ2) is 7.00. The van der Waals surface area contributed by atoms with Crippen LogP contribution in [0.25, 0.3) is 0 Å². The predicted molar refractivity (Wildman–Crippen MR) is 98.1 cm³/mol. The lowest BCUT2D eigenvalue weighted by Crippen LogP contribution is -2.43. The molecule has 0 spiro atoms. The maximum absolute atomic E-state index is 13.7. The van der Waals surface area contributed by atoms with Crippen molar-refractivity contribution >= 4 is 17.7 Å². The van der Waals surface area contributed by atoms with Crippen LogP contribution in [0.1, 0.15) is 23.6 Å². The summed E-state index contributed by atoms with van der Waals surface area (Å²) >= 11 is 1.59. The normalized spacial score (nSPS) is 25.3. The van der Waals surface area contributed by atoms with Crippen molar-refractivity contribution in [1.82, 2.24) is 10.2 Å². The van der Waals surface area contributed by atoms with Crippen LogP contribution >= 0.6 is 11.8 Å². The van der Waals surface area contributed by atoms with Gasteiger partial charge in [0, 0.05) is 17.5 Å². The van der Waals surface area contributed by atoms with E-state index in [1.54, 1.807) is 17.8 Å². The number of hydrogen-bond donors (Lipinski definition) is 1.